The van der Waals surface area contributed by atoms with Crippen molar-refractivity contribution < 1.29 is 109 Å². The number of aromatic nitrogens is 5. The molecule has 3 saturated heterocycles. The van der Waals surface area contributed by atoms with E-state index in [4.69, 9.17) is 30.0 Å². The van der Waals surface area contributed by atoms with Gasteiger partial charge in [-0.15, -0.1) is 0 Å². The van der Waals surface area contributed by atoms with Crippen LogP contribution in [0.2, 0.25) is 0 Å². The van der Waals surface area contributed by atoms with Gasteiger partial charge in [0.2, 0.25) is 0 Å². The molecule has 0 aliphatic carbocycles. The second-order valence-electron chi connectivity index (χ2n) is 10.3. The number of nitrogens with zero attached hydrogens (tertiary/aromatic N) is 5. The summed E-state index contributed by atoms with van der Waals surface area (Å²) >= 11 is 0. The number of nitrogens with two attached hydrogens (primary N) is 2. The maximum absolute atomic E-state index is 12.5. The maximum atomic E-state index is 12.5. The van der Waals surface area contributed by atoms with Gasteiger partial charge in [-0.2, -0.15) is 4.57 Å². The number of hydrogen-bond acceptors (Lipinski definition) is 19. The zero-order chi connectivity index (χ0) is 33.9. The number of imidazole rings is 1. The van der Waals surface area contributed by atoms with Gasteiger partial charge >= 0.3 is 37.4 Å². The smallest absolute Gasteiger partial charge is 0.756 e. The number of primary amides is 1. The minimum atomic E-state index is -5.74. The van der Waals surface area contributed by atoms with E-state index in [9.17, 15) is 43.4 Å². The first-order valence-corrected chi connectivity index (χ1v) is 17.7. The Balaban J connectivity index is 0.00000451. The molecule has 11 atom stereocenters. The average Bonchev–Trinajstić information content (AvgIpc) is 3.72. The molecule has 3 unspecified atom stereocenters. The first kappa shape index (κ1) is 37.4. The van der Waals surface area contributed by atoms with E-state index in [0.717, 1.165) is 6.33 Å². The number of aliphatic hydroxyl groups is 2. The van der Waals surface area contributed by atoms with Gasteiger partial charge in [0.1, 0.15) is 47.9 Å². The summed E-state index contributed by atoms with van der Waals surface area (Å²) in [4.78, 5) is 58.2. The van der Waals surface area contributed by atoms with Crippen molar-refractivity contribution in [1.82, 2.24) is 19.5 Å². The SMILES string of the molecule is NC(=O)c1ccc[n+]([C@@H]2O[C@H](COP(=O)([O-])OP(=O)([O-])OC[C@H]3O[C@@H](n4cnc5c(N)ncnc54)[C@@H]4OP(=O)(O)O[C@@H]43)[C@@H](O)[C@H]2O)c1.[Na+]. The zero-order valence-electron chi connectivity index (χ0n) is 24.4. The summed E-state index contributed by atoms with van der Waals surface area (Å²) in [7, 11) is -16.1. The van der Waals surface area contributed by atoms with Crippen molar-refractivity contribution >= 4 is 46.4 Å². The van der Waals surface area contributed by atoms with E-state index in [1.54, 1.807) is 0 Å². The fraction of sp³-hybridized carbons (Fsp3) is 0.476. The van der Waals surface area contributed by atoms with Crippen LogP contribution >= 0.6 is 23.5 Å². The standard InChI is InChI=1S/C21H26N7O16P3.Na/c22-17-12-19(25-7-24-17)28(8-26-12)21-16-15(42-47(36,37)43-16)11(41-21)6-39-46(34,35)44-45(32,33)38-5-10-13(29)14(30)20(40-10)27-3-1-2-9(4-27)18(23)31;/h1-4,7-8,10-11,13-16,20-21,29-30H,5-6H2,(H6-,22,23,24,25,31,32,33,34,35,36,37);/q;+1/p-1/t10-,11-,13-,14-,15-,16-,20-,21-;/m1./s1. The largest absolute Gasteiger partial charge is 1.00 e. The van der Waals surface area contributed by atoms with Crippen molar-refractivity contribution in [1.29, 1.82) is 0 Å². The van der Waals surface area contributed by atoms with Crippen LogP contribution in [0, 0.1) is 0 Å². The van der Waals surface area contributed by atoms with E-state index in [1.807, 2.05) is 0 Å². The fourth-order valence-corrected chi connectivity index (χ4v) is 8.26. The minimum Gasteiger partial charge on any atom is -0.756 e. The molecule has 3 aliphatic heterocycles. The third-order valence-corrected chi connectivity index (χ3v) is 10.7. The molecule has 48 heavy (non-hydrogen) atoms. The quantitative estimate of drug-likeness (QED) is 0.0692. The topological polar surface area (TPSA) is 339 Å². The van der Waals surface area contributed by atoms with Gasteiger partial charge in [-0.1, -0.05) is 0 Å². The summed E-state index contributed by atoms with van der Waals surface area (Å²) in [6, 6.07) is 2.79. The number of carbonyl (C=O) groups excluding carboxylic acids is 1. The summed E-state index contributed by atoms with van der Waals surface area (Å²) in [5, 5.41) is 20.7. The average molecular weight is 747 g/mol. The van der Waals surface area contributed by atoms with Crippen molar-refractivity contribution in [2.45, 2.75) is 49.1 Å². The van der Waals surface area contributed by atoms with Gasteiger partial charge in [-0.05, 0) is 6.07 Å². The number of hydrogen-bond donors (Lipinski definition) is 5. The summed E-state index contributed by atoms with van der Waals surface area (Å²) in [6.45, 7) is -1.99. The minimum absolute atomic E-state index is 0. The predicted molar refractivity (Wildman–Crippen MR) is 142 cm³/mol. The molecule has 0 saturated carbocycles. The Bertz CT molecular complexity index is 1840. The first-order chi connectivity index (χ1) is 22.0. The van der Waals surface area contributed by atoms with Crippen LogP contribution in [0.15, 0.2) is 37.2 Å². The summed E-state index contributed by atoms with van der Waals surface area (Å²) < 4.78 is 74.2. The van der Waals surface area contributed by atoms with Crippen molar-refractivity contribution in [2.24, 2.45) is 5.73 Å². The van der Waals surface area contributed by atoms with Crippen LogP contribution in [0.4, 0.5) is 5.82 Å². The number of ether oxygens (including phenoxy) is 2. The predicted octanol–water partition coefficient (Wildman–Crippen LogP) is -6.11. The number of fused-ring (bicyclic) bond motifs is 2. The van der Waals surface area contributed by atoms with Crippen LogP contribution < -0.4 is 55.4 Å². The van der Waals surface area contributed by atoms with E-state index >= 15 is 0 Å². The van der Waals surface area contributed by atoms with Crippen LogP contribution in [0.3, 0.4) is 0 Å². The van der Waals surface area contributed by atoms with Gasteiger partial charge in [0, 0.05) is 6.07 Å². The van der Waals surface area contributed by atoms with Crippen LogP contribution in [0.5, 0.6) is 0 Å². The molecule has 0 spiro atoms. The number of phosphoric ester groups is 3. The number of nitrogen functional groups attached to an aromatic ring is 1. The molecule has 27 heteroatoms. The van der Waals surface area contributed by atoms with Crippen molar-refractivity contribution in [3.63, 3.8) is 0 Å². The van der Waals surface area contributed by atoms with Gasteiger partial charge in [0.25, 0.3) is 27.8 Å². The molecule has 0 radical (unpaired) electrons. The molecule has 23 nitrogen and oxygen atoms in total. The number of aliphatic hydroxyl groups excluding tert-OH is 2. The molecule has 256 valence electrons. The number of phosphoric acid groups is 3. The van der Waals surface area contributed by atoms with Crippen LogP contribution in [0.25, 0.3) is 11.2 Å². The molecule has 3 aromatic rings. The third kappa shape index (κ3) is 7.74. The van der Waals surface area contributed by atoms with Crippen LogP contribution in [-0.4, -0.2) is 90.4 Å². The number of rotatable bonds is 11. The monoisotopic (exact) mass is 747 g/mol. The number of amides is 1. The Labute approximate surface area is 290 Å². The molecule has 0 bridgehead atoms. The Morgan fingerprint density at radius 3 is 2.42 bits per heavy atom. The van der Waals surface area contributed by atoms with Gasteiger partial charge < -0.3 is 54.9 Å². The molecule has 7 N–H and O–H groups in total. The van der Waals surface area contributed by atoms with E-state index in [2.05, 4.69) is 28.3 Å². The maximum Gasteiger partial charge on any atom is 1.00 e. The van der Waals surface area contributed by atoms with Crippen molar-refractivity contribution in [3.8, 4) is 0 Å². The zero-order valence-corrected chi connectivity index (χ0v) is 29.1. The molecule has 3 aliphatic rings. The normalized spacial score (nSPS) is 33.9. The molecule has 0 aromatic carbocycles. The number of anilines is 1. The number of pyridine rings is 1. The molecular formula is C21H25N7NaO16P3. The van der Waals surface area contributed by atoms with E-state index < -0.39 is 91.7 Å². The third-order valence-electron chi connectivity index (χ3n) is 7.19. The molecule has 3 fully saturated rings. The van der Waals surface area contributed by atoms with Crippen LogP contribution in [0.1, 0.15) is 22.8 Å². The first-order valence-electron chi connectivity index (χ1n) is 13.3. The second kappa shape index (κ2) is 14.1. The Kier molecular flexibility index (Phi) is 11.0. The van der Waals surface area contributed by atoms with E-state index in [0.29, 0.717) is 0 Å². The molecule has 6 rings (SSSR count). The van der Waals surface area contributed by atoms with E-state index in [-0.39, 0.29) is 52.1 Å². The van der Waals surface area contributed by atoms with Gasteiger partial charge in [-0.25, -0.2) is 23.8 Å². The molecule has 3 aromatic heterocycles. The van der Waals surface area contributed by atoms with Gasteiger partial charge in [-0.3, -0.25) is 27.5 Å². The fourth-order valence-electron chi connectivity index (χ4n) is 5.10. The summed E-state index contributed by atoms with van der Waals surface area (Å²) in [5.41, 5.74) is 11.4. The number of carbonyl (C=O) groups is 1. The van der Waals surface area contributed by atoms with Gasteiger partial charge in [0.05, 0.1) is 19.5 Å². The van der Waals surface area contributed by atoms with Crippen LogP contribution in [-0.2, 0) is 45.6 Å². The second-order valence-corrected chi connectivity index (χ2v) is 14.6. The Morgan fingerprint density at radius 2 is 1.73 bits per heavy atom. The van der Waals surface area contributed by atoms with Crippen molar-refractivity contribution in [3.05, 3.63) is 42.7 Å². The molecule has 1 amide bonds. The molecule has 6 heterocycles. The Morgan fingerprint density at radius 1 is 1.06 bits per heavy atom. The summed E-state index contributed by atoms with van der Waals surface area (Å²) in [6.07, 6.45) is -6.59. The van der Waals surface area contributed by atoms with Crippen molar-refractivity contribution in [2.75, 3.05) is 18.9 Å². The Hall–Kier alpha value is -1.82. The van der Waals surface area contributed by atoms with Gasteiger partial charge in [0.15, 0.2) is 36.2 Å². The molecular weight excluding hydrogens is 722 g/mol. The van der Waals surface area contributed by atoms with E-state index in [1.165, 1.54) is 40.0 Å². The summed E-state index contributed by atoms with van der Waals surface area (Å²) in [5.74, 6) is -0.766.